The van der Waals surface area contributed by atoms with Crippen LogP contribution in [0.1, 0.15) is 66.2 Å². The highest BCUT2D eigenvalue weighted by Gasteiger charge is 2.37. The molecule has 144 valence electrons. The minimum atomic E-state index is -0.922. The highest BCUT2D eigenvalue weighted by atomic mass is 16.5. The number of esters is 1. The number of fused-ring (bicyclic) bond motifs is 1. The summed E-state index contributed by atoms with van der Waals surface area (Å²) in [6, 6.07) is 6.54. The van der Waals surface area contributed by atoms with Gasteiger partial charge in [-0.25, -0.2) is 0 Å². The summed E-state index contributed by atoms with van der Waals surface area (Å²) in [6.07, 6.45) is 4.62. The summed E-state index contributed by atoms with van der Waals surface area (Å²) in [4.78, 5) is 50.1. The van der Waals surface area contributed by atoms with Gasteiger partial charge in [0.1, 0.15) is 6.54 Å². The topological polar surface area (TPSA) is 92.8 Å². The number of imide groups is 1. The molecule has 2 aliphatic rings. The summed E-state index contributed by atoms with van der Waals surface area (Å²) >= 11 is 0. The van der Waals surface area contributed by atoms with Crippen molar-refractivity contribution >= 4 is 23.7 Å². The number of benzene rings is 1. The number of ether oxygens (including phenoxy) is 1. The molecule has 1 saturated carbocycles. The zero-order chi connectivity index (χ0) is 19.4. The Morgan fingerprint density at radius 1 is 1.11 bits per heavy atom. The third kappa shape index (κ3) is 4.18. The Morgan fingerprint density at radius 2 is 1.70 bits per heavy atom. The molecule has 7 nitrogen and oxygen atoms in total. The van der Waals surface area contributed by atoms with E-state index in [1.54, 1.807) is 31.2 Å². The van der Waals surface area contributed by atoms with Crippen LogP contribution in [-0.4, -0.2) is 47.3 Å². The number of hydrogen-bond donors (Lipinski definition) is 1. The molecule has 1 atom stereocenters. The molecule has 0 spiro atoms. The van der Waals surface area contributed by atoms with E-state index in [0.717, 1.165) is 30.6 Å². The molecular weight excluding hydrogens is 348 g/mol. The van der Waals surface area contributed by atoms with Crippen LogP contribution in [0.5, 0.6) is 0 Å². The number of rotatable bonds is 6. The van der Waals surface area contributed by atoms with E-state index in [0.29, 0.717) is 6.42 Å². The van der Waals surface area contributed by atoms with E-state index in [9.17, 15) is 19.2 Å². The van der Waals surface area contributed by atoms with Crippen molar-refractivity contribution in [2.75, 3.05) is 6.54 Å². The van der Waals surface area contributed by atoms with Gasteiger partial charge in [0.05, 0.1) is 11.1 Å². The first-order valence-corrected chi connectivity index (χ1v) is 9.46. The molecule has 0 radical (unpaired) electrons. The molecule has 0 saturated heterocycles. The third-order valence-electron chi connectivity index (χ3n) is 5.05. The zero-order valence-electron chi connectivity index (χ0n) is 15.4. The Kier molecular flexibility index (Phi) is 5.88. The first-order valence-electron chi connectivity index (χ1n) is 9.46. The summed E-state index contributed by atoms with van der Waals surface area (Å²) in [5, 5.41) is 2.94. The summed E-state index contributed by atoms with van der Waals surface area (Å²) < 4.78 is 5.26. The van der Waals surface area contributed by atoms with E-state index < -0.39 is 30.4 Å². The molecule has 7 heteroatoms. The van der Waals surface area contributed by atoms with Crippen LogP contribution in [0, 0.1) is 0 Å². The van der Waals surface area contributed by atoms with Crippen LogP contribution in [0.4, 0.5) is 0 Å². The van der Waals surface area contributed by atoms with Crippen molar-refractivity contribution in [2.45, 2.75) is 57.6 Å². The Bertz CT molecular complexity index is 719. The minimum Gasteiger partial charge on any atom is -0.451 e. The fourth-order valence-electron chi connectivity index (χ4n) is 3.57. The first kappa shape index (κ1) is 19.1. The van der Waals surface area contributed by atoms with Crippen LogP contribution in [0.3, 0.4) is 0 Å². The van der Waals surface area contributed by atoms with Gasteiger partial charge in [-0.2, -0.15) is 0 Å². The van der Waals surface area contributed by atoms with Gasteiger partial charge in [0.25, 0.3) is 17.7 Å². The van der Waals surface area contributed by atoms with E-state index in [1.807, 2.05) is 0 Å². The van der Waals surface area contributed by atoms with Crippen LogP contribution in [0.25, 0.3) is 0 Å². The predicted octanol–water partition coefficient (Wildman–Crippen LogP) is 2.05. The maximum atomic E-state index is 12.4. The lowest BCUT2D eigenvalue weighted by Gasteiger charge is -2.25. The van der Waals surface area contributed by atoms with Crippen LogP contribution in [0.15, 0.2) is 24.3 Å². The third-order valence-corrected chi connectivity index (χ3v) is 5.05. The van der Waals surface area contributed by atoms with E-state index in [4.69, 9.17) is 4.74 Å². The normalized spacial score (nSPS) is 18.2. The average molecular weight is 372 g/mol. The second kappa shape index (κ2) is 8.33. The second-order valence-corrected chi connectivity index (χ2v) is 6.97. The van der Waals surface area contributed by atoms with Crippen LogP contribution >= 0.6 is 0 Å². The molecule has 1 aliphatic heterocycles. The van der Waals surface area contributed by atoms with Crippen molar-refractivity contribution in [3.63, 3.8) is 0 Å². The highest BCUT2D eigenvalue weighted by molar-refractivity contribution is 6.22. The number of nitrogens with zero attached hydrogens (tertiary/aromatic N) is 1. The molecule has 3 amide bonds. The quantitative estimate of drug-likeness (QED) is 0.609. The van der Waals surface area contributed by atoms with Crippen molar-refractivity contribution in [1.82, 2.24) is 10.2 Å². The molecule has 1 N–H and O–H groups in total. The van der Waals surface area contributed by atoms with Crippen LogP contribution in [-0.2, 0) is 14.3 Å². The molecule has 3 rings (SSSR count). The molecule has 0 unspecified atom stereocenters. The van der Waals surface area contributed by atoms with E-state index in [2.05, 4.69) is 5.32 Å². The molecule has 0 aromatic heterocycles. The zero-order valence-corrected chi connectivity index (χ0v) is 15.4. The summed E-state index contributed by atoms with van der Waals surface area (Å²) in [5.74, 6) is -2.13. The Labute approximate surface area is 158 Å². The van der Waals surface area contributed by atoms with Gasteiger partial charge in [-0.05, 0) is 31.4 Å². The second-order valence-electron chi connectivity index (χ2n) is 6.97. The number of carbonyl (C=O) groups excluding carboxylic acids is 4. The summed E-state index contributed by atoms with van der Waals surface area (Å²) in [7, 11) is 0. The Morgan fingerprint density at radius 3 is 2.26 bits per heavy atom. The van der Waals surface area contributed by atoms with Gasteiger partial charge in [0, 0.05) is 6.04 Å². The largest absolute Gasteiger partial charge is 0.451 e. The number of hydrogen-bond acceptors (Lipinski definition) is 5. The van der Waals surface area contributed by atoms with Crippen molar-refractivity contribution in [1.29, 1.82) is 0 Å². The Balaban J connectivity index is 1.57. The number of carbonyl (C=O) groups is 4. The highest BCUT2D eigenvalue weighted by Crippen LogP contribution is 2.22. The van der Waals surface area contributed by atoms with Gasteiger partial charge in [-0.1, -0.05) is 38.3 Å². The van der Waals surface area contributed by atoms with Gasteiger partial charge >= 0.3 is 5.97 Å². The molecular formula is C20H24N2O5. The summed E-state index contributed by atoms with van der Waals surface area (Å²) in [6.45, 7) is 1.25. The lowest BCUT2D eigenvalue weighted by Crippen LogP contribution is -2.45. The van der Waals surface area contributed by atoms with Gasteiger partial charge in [0.2, 0.25) is 0 Å². The Hall–Kier alpha value is -2.70. The standard InChI is InChI=1S/C20H24N2O5/c1-2-16(18(24)21-13-8-4-3-5-9-13)27-17(23)12-22-19(25)14-10-6-7-11-15(14)20(22)26/h6-7,10-11,13,16H,2-5,8-9,12H2,1H3,(H,21,24)/t16-/m0/s1. The van der Waals surface area contributed by atoms with Crippen molar-refractivity contribution in [3.05, 3.63) is 35.4 Å². The summed E-state index contributed by atoms with van der Waals surface area (Å²) in [5.41, 5.74) is 0.551. The molecule has 1 fully saturated rings. The molecule has 1 heterocycles. The molecule has 1 aromatic rings. The fourth-order valence-corrected chi connectivity index (χ4v) is 3.57. The van der Waals surface area contributed by atoms with Crippen molar-refractivity contribution in [2.24, 2.45) is 0 Å². The lowest BCUT2D eigenvalue weighted by molar-refractivity contribution is -0.156. The predicted molar refractivity (Wildman–Crippen MR) is 97.0 cm³/mol. The lowest BCUT2D eigenvalue weighted by atomic mass is 9.95. The number of amides is 3. The fraction of sp³-hybridized carbons (Fsp3) is 0.500. The van der Waals surface area contributed by atoms with Gasteiger partial charge < -0.3 is 10.1 Å². The minimum absolute atomic E-state index is 0.121. The SMILES string of the molecule is CC[C@H](OC(=O)CN1C(=O)c2ccccc2C1=O)C(=O)NC1CCCCC1. The van der Waals surface area contributed by atoms with Gasteiger partial charge in [-0.15, -0.1) is 0 Å². The maximum Gasteiger partial charge on any atom is 0.327 e. The van der Waals surface area contributed by atoms with Crippen molar-refractivity contribution < 1.29 is 23.9 Å². The monoisotopic (exact) mass is 372 g/mol. The molecule has 1 aromatic carbocycles. The molecule has 27 heavy (non-hydrogen) atoms. The van der Waals surface area contributed by atoms with Gasteiger partial charge in [-0.3, -0.25) is 24.1 Å². The smallest absolute Gasteiger partial charge is 0.327 e. The van der Waals surface area contributed by atoms with E-state index in [-0.39, 0.29) is 23.1 Å². The molecule has 1 aliphatic carbocycles. The molecule has 0 bridgehead atoms. The first-order chi connectivity index (χ1) is 13.0. The average Bonchev–Trinajstić information content (AvgIpc) is 2.92. The number of nitrogens with one attached hydrogen (secondary N) is 1. The van der Waals surface area contributed by atoms with Crippen LogP contribution < -0.4 is 5.32 Å². The van der Waals surface area contributed by atoms with E-state index >= 15 is 0 Å². The van der Waals surface area contributed by atoms with E-state index in [1.165, 1.54) is 6.42 Å². The van der Waals surface area contributed by atoms with Crippen molar-refractivity contribution in [3.8, 4) is 0 Å². The van der Waals surface area contributed by atoms with Crippen LogP contribution in [0.2, 0.25) is 0 Å². The maximum absolute atomic E-state index is 12.4. The van der Waals surface area contributed by atoms with Gasteiger partial charge in [0.15, 0.2) is 6.10 Å².